The van der Waals surface area contributed by atoms with E-state index in [9.17, 15) is 4.79 Å². The van der Waals surface area contributed by atoms with Crippen molar-refractivity contribution in [3.8, 4) is 0 Å². The second kappa shape index (κ2) is 8.80. The van der Waals surface area contributed by atoms with Crippen LogP contribution in [0.15, 0.2) is 24.3 Å². The molecule has 1 fully saturated rings. The Labute approximate surface area is 171 Å². The van der Waals surface area contributed by atoms with Gasteiger partial charge in [0.15, 0.2) is 5.65 Å². The zero-order valence-electron chi connectivity index (χ0n) is 17.2. The summed E-state index contributed by atoms with van der Waals surface area (Å²) < 4.78 is 7.78. The van der Waals surface area contributed by atoms with E-state index >= 15 is 0 Å². The molecule has 2 heterocycles. The van der Waals surface area contributed by atoms with Crippen LogP contribution in [0.3, 0.4) is 0 Å². The number of carbonyl (C=O) groups is 1. The van der Waals surface area contributed by atoms with Crippen LogP contribution in [-0.4, -0.2) is 26.6 Å². The predicted octanol–water partition coefficient (Wildman–Crippen LogP) is 5.24. The van der Waals surface area contributed by atoms with Crippen LogP contribution in [0.4, 0.5) is 5.82 Å². The highest BCUT2D eigenvalue weighted by Crippen LogP contribution is 2.30. The molecule has 6 nitrogen and oxygen atoms in total. The number of benzene rings is 1. The second-order valence-electron chi connectivity index (χ2n) is 8.02. The van der Waals surface area contributed by atoms with Crippen molar-refractivity contribution in [1.82, 2.24) is 14.5 Å². The number of hydrogen-bond donors (Lipinski definition) is 1. The predicted molar refractivity (Wildman–Crippen MR) is 116 cm³/mol. The highest BCUT2D eigenvalue weighted by molar-refractivity contribution is 6.08. The molecular formula is C23H30N4O2. The van der Waals surface area contributed by atoms with Crippen LogP contribution in [-0.2, 0) is 11.3 Å². The topological polar surface area (TPSA) is 83.0 Å². The van der Waals surface area contributed by atoms with Gasteiger partial charge in [-0.1, -0.05) is 44.7 Å². The van der Waals surface area contributed by atoms with Gasteiger partial charge in [0.2, 0.25) is 0 Å². The molecule has 154 valence electrons. The first-order valence-electron chi connectivity index (χ1n) is 10.9. The van der Waals surface area contributed by atoms with Gasteiger partial charge in [0.05, 0.1) is 11.0 Å². The van der Waals surface area contributed by atoms with E-state index in [0.29, 0.717) is 22.5 Å². The number of ether oxygens (including phenoxy) is 1. The van der Waals surface area contributed by atoms with Crippen molar-refractivity contribution in [2.45, 2.75) is 77.4 Å². The van der Waals surface area contributed by atoms with Crippen molar-refractivity contribution < 1.29 is 9.53 Å². The quantitative estimate of drug-likeness (QED) is 0.438. The lowest BCUT2D eigenvalue weighted by molar-refractivity contribution is 0.0214. The standard InChI is InChI=1S/C23H30N4O2/c1-2-3-4-10-15-27-21(24)19(23(28)29-16-11-6-5-7-12-16)20-22(27)26-18-14-9-8-13-17(18)25-20/h8-9,13-14,16H,2-7,10-12,15,24H2,1H3. The summed E-state index contributed by atoms with van der Waals surface area (Å²) in [6.45, 7) is 2.92. The fourth-order valence-corrected chi connectivity index (χ4v) is 4.23. The Morgan fingerprint density at radius 1 is 1.10 bits per heavy atom. The highest BCUT2D eigenvalue weighted by atomic mass is 16.5. The van der Waals surface area contributed by atoms with Gasteiger partial charge in [-0.15, -0.1) is 0 Å². The summed E-state index contributed by atoms with van der Waals surface area (Å²) in [4.78, 5) is 22.6. The van der Waals surface area contributed by atoms with Crippen molar-refractivity contribution in [1.29, 1.82) is 0 Å². The first-order valence-corrected chi connectivity index (χ1v) is 10.9. The number of hydrogen-bond acceptors (Lipinski definition) is 5. The van der Waals surface area contributed by atoms with E-state index < -0.39 is 0 Å². The van der Waals surface area contributed by atoms with Gasteiger partial charge in [0.25, 0.3) is 0 Å². The summed E-state index contributed by atoms with van der Waals surface area (Å²) in [5.74, 6) is 0.0592. The minimum Gasteiger partial charge on any atom is -0.459 e. The molecule has 1 aliphatic carbocycles. The molecule has 0 amide bonds. The maximum Gasteiger partial charge on any atom is 0.344 e. The Morgan fingerprint density at radius 3 is 2.55 bits per heavy atom. The molecule has 6 heteroatoms. The van der Waals surface area contributed by atoms with E-state index in [1.165, 1.54) is 19.3 Å². The largest absolute Gasteiger partial charge is 0.459 e. The molecule has 0 spiro atoms. The summed E-state index contributed by atoms with van der Waals surface area (Å²) in [6.07, 6.45) is 9.73. The maximum absolute atomic E-state index is 13.1. The number of para-hydroxylation sites is 2. The van der Waals surface area contributed by atoms with Gasteiger partial charge >= 0.3 is 5.97 Å². The minimum atomic E-state index is -0.365. The fraction of sp³-hybridized carbons (Fsp3) is 0.522. The molecule has 1 saturated carbocycles. The van der Waals surface area contributed by atoms with Gasteiger partial charge < -0.3 is 15.0 Å². The van der Waals surface area contributed by atoms with Gasteiger partial charge in [-0.2, -0.15) is 0 Å². The Balaban J connectivity index is 1.73. The van der Waals surface area contributed by atoms with Gasteiger partial charge in [-0.3, -0.25) is 0 Å². The van der Waals surface area contributed by atoms with E-state index in [0.717, 1.165) is 56.1 Å². The molecule has 29 heavy (non-hydrogen) atoms. The second-order valence-corrected chi connectivity index (χ2v) is 8.02. The number of aromatic nitrogens is 3. The summed E-state index contributed by atoms with van der Waals surface area (Å²) >= 11 is 0. The number of nitrogens with two attached hydrogens (primary N) is 1. The van der Waals surface area contributed by atoms with E-state index in [4.69, 9.17) is 20.4 Å². The third-order valence-electron chi connectivity index (χ3n) is 5.86. The third-order valence-corrected chi connectivity index (χ3v) is 5.86. The van der Waals surface area contributed by atoms with E-state index in [2.05, 4.69) is 6.92 Å². The average Bonchev–Trinajstić information content (AvgIpc) is 3.00. The Kier molecular flexibility index (Phi) is 5.97. The molecular weight excluding hydrogens is 364 g/mol. The van der Waals surface area contributed by atoms with Crippen LogP contribution in [0, 0.1) is 0 Å². The Hall–Kier alpha value is -2.63. The summed E-state index contributed by atoms with van der Waals surface area (Å²) in [7, 11) is 0. The van der Waals surface area contributed by atoms with Crippen LogP contribution in [0.5, 0.6) is 0 Å². The summed E-state index contributed by atoms with van der Waals surface area (Å²) in [6, 6.07) is 7.71. The Bertz CT molecular complexity index is 1000. The molecule has 2 aromatic heterocycles. The molecule has 0 saturated heterocycles. The zero-order valence-corrected chi connectivity index (χ0v) is 17.2. The molecule has 0 bridgehead atoms. The summed E-state index contributed by atoms with van der Waals surface area (Å²) in [5.41, 5.74) is 9.65. The average molecular weight is 395 g/mol. The van der Waals surface area contributed by atoms with Crippen molar-refractivity contribution in [2.24, 2.45) is 0 Å². The van der Waals surface area contributed by atoms with Crippen LogP contribution in [0.25, 0.3) is 22.2 Å². The number of aryl methyl sites for hydroxylation is 1. The van der Waals surface area contributed by atoms with Gasteiger partial charge in [-0.25, -0.2) is 14.8 Å². The molecule has 0 radical (unpaired) electrons. The van der Waals surface area contributed by atoms with Crippen LogP contribution in [0.2, 0.25) is 0 Å². The molecule has 3 aromatic rings. The molecule has 0 unspecified atom stereocenters. The number of nitrogen functional groups attached to an aromatic ring is 1. The highest BCUT2D eigenvalue weighted by Gasteiger charge is 2.27. The van der Waals surface area contributed by atoms with Crippen molar-refractivity contribution in [3.63, 3.8) is 0 Å². The van der Waals surface area contributed by atoms with Crippen molar-refractivity contribution in [2.75, 3.05) is 5.73 Å². The molecule has 4 rings (SSSR count). The number of rotatable bonds is 7. The van der Waals surface area contributed by atoms with Gasteiger partial charge in [0.1, 0.15) is 23.0 Å². The molecule has 0 atom stereocenters. The monoisotopic (exact) mass is 394 g/mol. The Morgan fingerprint density at radius 2 is 1.83 bits per heavy atom. The normalized spacial score (nSPS) is 15.2. The third kappa shape index (κ3) is 4.07. The molecule has 1 aromatic carbocycles. The van der Waals surface area contributed by atoms with Crippen molar-refractivity contribution >= 4 is 34.0 Å². The van der Waals surface area contributed by atoms with E-state index in [1.54, 1.807) is 0 Å². The van der Waals surface area contributed by atoms with Crippen LogP contribution >= 0.6 is 0 Å². The number of anilines is 1. The first-order chi connectivity index (χ1) is 14.2. The number of carbonyl (C=O) groups excluding carboxylic acids is 1. The fourth-order valence-electron chi connectivity index (χ4n) is 4.23. The van der Waals surface area contributed by atoms with Gasteiger partial charge in [-0.05, 0) is 44.2 Å². The van der Waals surface area contributed by atoms with Crippen LogP contribution in [0.1, 0.15) is 75.1 Å². The number of unbranched alkanes of at least 4 members (excludes halogenated alkanes) is 3. The number of fused-ring (bicyclic) bond motifs is 2. The minimum absolute atomic E-state index is 0.0213. The van der Waals surface area contributed by atoms with Crippen LogP contribution < -0.4 is 5.73 Å². The smallest absolute Gasteiger partial charge is 0.344 e. The van der Waals surface area contributed by atoms with Gasteiger partial charge in [0, 0.05) is 6.54 Å². The van der Waals surface area contributed by atoms with E-state index in [1.807, 2.05) is 28.8 Å². The van der Waals surface area contributed by atoms with Crippen molar-refractivity contribution in [3.05, 3.63) is 29.8 Å². The SMILES string of the molecule is CCCCCCn1c(N)c(C(=O)OC2CCCCC2)c2nc3ccccc3nc21. The lowest BCUT2D eigenvalue weighted by atomic mass is 9.98. The maximum atomic E-state index is 13.1. The lowest BCUT2D eigenvalue weighted by Gasteiger charge is -2.21. The van der Waals surface area contributed by atoms with E-state index in [-0.39, 0.29) is 12.1 Å². The number of esters is 1. The first kappa shape index (κ1) is 19.7. The number of nitrogens with zero attached hydrogens (tertiary/aromatic N) is 3. The summed E-state index contributed by atoms with van der Waals surface area (Å²) in [5, 5.41) is 0. The molecule has 2 N–H and O–H groups in total. The zero-order chi connectivity index (χ0) is 20.2. The molecule has 1 aliphatic rings. The lowest BCUT2D eigenvalue weighted by Crippen LogP contribution is -2.21. The molecule has 0 aliphatic heterocycles.